The summed E-state index contributed by atoms with van der Waals surface area (Å²) in [5.41, 5.74) is 8.13. The highest BCUT2D eigenvalue weighted by Gasteiger charge is 2.14. The van der Waals surface area contributed by atoms with Crippen LogP contribution in [-0.2, 0) is 0 Å². The third-order valence-electron chi connectivity index (χ3n) is 3.35. The van der Waals surface area contributed by atoms with Gasteiger partial charge in [-0.1, -0.05) is 0 Å². The van der Waals surface area contributed by atoms with Gasteiger partial charge in [0.15, 0.2) is 17.1 Å². The molecule has 3 aromatic rings. The molecule has 2 aromatic heterocycles. The van der Waals surface area contributed by atoms with Crippen LogP contribution in [0.25, 0.3) is 16.8 Å². The van der Waals surface area contributed by atoms with Gasteiger partial charge in [0.05, 0.1) is 21.3 Å². The Morgan fingerprint density at radius 1 is 0.957 bits per heavy atom. The first-order chi connectivity index (χ1) is 10.7. The fourth-order valence-electron chi connectivity index (χ4n) is 2.32. The third-order valence-corrected chi connectivity index (χ3v) is 3.35. The lowest BCUT2D eigenvalue weighted by molar-refractivity contribution is 0.324. The van der Waals surface area contributed by atoms with Crippen LogP contribution in [0.3, 0.4) is 0 Å². The van der Waals surface area contributed by atoms with Crippen molar-refractivity contribution in [2.24, 2.45) is 0 Å². The van der Waals surface area contributed by atoms with Crippen LogP contribution in [0.4, 0.5) is 5.95 Å². The second-order valence-corrected chi connectivity index (χ2v) is 4.60. The van der Waals surface area contributed by atoms with Gasteiger partial charge in [0, 0.05) is 11.8 Å². The van der Waals surface area contributed by atoms with E-state index in [4.69, 9.17) is 19.9 Å². The van der Waals surface area contributed by atoms with E-state index in [0.29, 0.717) is 22.9 Å². The summed E-state index contributed by atoms with van der Waals surface area (Å²) in [5.74, 6) is 1.98. The number of hydrogen-bond acceptors (Lipinski definition) is 6. The van der Waals surface area contributed by atoms with Gasteiger partial charge in [-0.15, -0.1) is 17.5 Å². The van der Waals surface area contributed by atoms with E-state index in [9.17, 15) is 0 Å². The normalized spacial score (nSPS) is 10.2. The smallest absolute Gasteiger partial charge is 0.240 e. The summed E-state index contributed by atoms with van der Waals surface area (Å²) in [6, 6.07) is 7.54. The third kappa shape index (κ3) is 2.95. The maximum Gasteiger partial charge on any atom is 0.240 e. The maximum absolute atomic E-state index is 5.61. The first kappa shape index (κ1) is 16.7. The van der Waals surface area contributed by atoms with Crippen molar-refractivity contribution >= 4 is 24.0 Å². The minimum Gasteiger partial charge on any atom is -0.493 e. The number of benzene rings is 1. The van der Waals surface area contributed by atoms with Crippen molar-refractivity contribution in [2.45, 2.75) is 0 Å². The Balaban J connectivity index is 0.00000192. The highest BCUT2D eigenvalue weighted by atomic mass is 35.5. The molecule has 0 fully saturated rings. The van der Waals surface area contributed by atoms with Gasteiger partial charge in [0.2, 0.25) is 11.7 Å². The van der Waals surface area contributed by atoms with Gasteiger partial charge in [0.1, 0.15) is 0 Å². The second-order valence-electron chi connectivity index (χ2n) is 4.60. The first-order valence-electron chi connectivity index (χ1n) is 6.58. The van der Waals surface area contributed by atoms with Gasteiger partial charge in [0.25, 0.3) is 0 Å². The molecule has 0 saturated carbocycles. The van der Waals surface area contributed by atoms with Crippen LogP contribution in [0.2, 0.25) is 0 Å². The molecule has 0 spiro atoms. The average Bonchev–Trinajstić information content (AvgIpc) is 2.92. The van der Waals surface area contributed by atoms with E-state index in [1.165, 1.54) is 0 Å². The number of aromatic nitrogens is 3. The van der Waals surface area contributed by atoms with Crippen molar-refractivity contribution in [3.05, 3.63) is 30.5 Å². The number of nitrogens with zero attached hydrogens (tertiary/aromatic N) is 3. The summed E-state index contributed by atoms with van der Waals surface area (Å²) >= 11 is 0. The SMILES string of the molecule is COc1cc(-c2ccc3nc(N)nn3c2)cc(OC)c1OC.Cl. The zero-order valence-electron chi connectivity index (χ0n) is 12.9. The lowest BCUT2D eigenvalue weighted by atomic mass is 10.1. The van der Waals surface area contributed by atoms with Crippen LogP contribution in [0.5, 0.6) is 17.2 Å². The quantitative estimate of drug-likeness (QED) is 0.787. The summed E-state index contributed by atoms with van der Waals surface area (Å²) < 4.78 is 17.7. The summed E-state index contributed by atoms with van der Waals surface area (Å²) in [7, 11) is 4.75. The molecular formula is C15H17ClN4O3. The molecule has 2 N–H and O–H groups in total. The van der Waals surface area contributed by atoms with Gasteiger partial charge >= 0.3 is 0 Å². The summed E-state index contributed by atoms with van der Waals surface area (Å²) in [6.07, 6.45) is 1.85. The van der Waals surface area contributed by atoms with Crippen molar-refractivity contribution in [3.8, 4) is 28.4 Å². The molecule has 0 amide bonds. The van der Waals surface area contributed by atoms with Crippen LogP contribution in [-0.4, -0.2) is 35.9 Å². The molecule has 7 nitrogen and oxygen atoms in total. The van der Waals surface area contributed by atoms with E-state index in [-0.39, 0.29) is 18.4 Å². The maximum atomic E-state index is 5.61. The molecular weight excluding hydrogens is 320 g/mol. The molecule has 2 heterocycles. The van der Waals surface area contributed by atoms with E-state index < -0.39 is 0 Å². The largest absolute Gasteiger partial charge is 0.493 e. The highest BCUT2D eigenvalue weighted by Crippen LogP contribution is 2.41. The van der Waals surface area contributed by atoms with Crippen molar-refractivity contribution < 1.29 is 14.2 Å². The lowest BCUT2D eigenvalue weighted by Gasteiger charge is -2.14. The Hall–Kier alpha value is -2.67. The zero-order valence-corrected chi connectivity index (χ0v) is 13.8. The molecule has 0 unspecified atom stereocenters. The Kier molecular flexibility index (Phi) is 4.80. The summed E-state index contributed by atoms with van der Waals surface area (Å²) in [5, 5.41) is 4.11. The number of nitrogens with two attached hydrogens (primary N) is 1. The predicted octanol–water partition coefficient (Wildman–Crippen LogP) is 2.43. The van der Waals surface area contributed by atoms with Crippen molar-refractivity contribution in [3.63, 3.8) is 0 Å². The van der Waals surface area contributed by atoms with Crippen LogP contribution in [0.15, 0.2) is 30.5 Å². The van der Waals surface area contributed by atoms with Crippen LogP contribution in [0.1, 0.15) is 0 Å². The highest BCUT2D eigenvalue weighted by molar-refractivity contribution is 5.85. The topological polar surface area (TPSA) is 83.9 Å². The van der Waals surface area contributed by atoms with E-state index in [2.05, 4.69) is 10.1 Å². The van der Waals surface area contributed by atoms with Crippen LogP contribution in [0, 0.1) is 0 Å². The monoisotopic (exact) mass is 336 g/mol. The molecule has 0 radical (unpaired) electrons. The molecule has 0 atom stereocenters. The molecule has 0 aliphatic heterocycles. The molecule has 0 aliphatic rings. The number of hydrogen-bond donors (Lipinski definition) is 1. The lowest BCUT2D eigenvalue weighted by Crippen LogP contribution is -1.96. The first-order valence-corrected chi connectivity index (χ1v) is 6.58. The Bertz CT molecular complexity index is 810. The van der Waals surface area contributed by atoms with Gasteiger partial charge in [-0.05, 0) is 29.8 Å². The Morgan fingerprint density at radius 3 is 2.17 bits per heavy atom. The standard InChI is InChI=1S/C15H16N4O3.ClH/c1-20-11-6-10(7-12(21-2)14(11)22-3)9-4-5-13-17-15(16)18-19(13)8-9;/h4-8H,1-3H3,(H2,16,18);1H. The fraction of sp³-hybridized carbons (Fsp3) is 0.200. The second kappa shape index (κ2) is 6.62. The van der Waals surface area contributed by atoms with Gasteiger partial charge in [-0.2, -0.15) is 4.98 Å². The number of methoxy groups -OCH3 is 3. The van der Waals surface area contributed by atoms with E-state index >= 15 is 0 Å². The zero-order chi connectivity index (χ0) is 15.7. The van der Waals surface area contributed by atoms with Gasteiger partial charge < -0.3 is 19.9 Å². The molecule has 8 heteroatoms. The number of nitrogen functional groups attached to an aromatic ring is 1. The van der Waals surface area contributed by atoms with E-state index in [0.717, 1.165) is 11.1 Å². The van der Waals surface area contributed by atoms with Crippen LogP contribution >= 0.6 is 12.4 Å². The summed E-state index contributed by atoms with van der Waals surface area (Å²) in [6.45, 7) is 0. The van der Waals surface area contributed by atoms with Crippen molar-refractivity contribution in [2.75, 3.05) is 27.1 Å². The van der Waals surface area contributed by atoms with Crippen LogP contribution < -0.4 is 19.9 Å². The molecule has 0 saturated heterocycles. The number of fused-ring (bicyclic) bond motifs is 1. The number of anilines is 1. The number of rotatable bonds is 4. The number of ether oxygens (including phenoxy) is 3. The molecule has 3 rings (SSSR count). The minimum absolute atomic E-state index is 0. The number of pyridine rings is 1. The van der Waals surface area contributed by atoms with Gasteiger partial charge in [-0.3, -0.25) is 0 Å². The number of halogens is 1. The predicted molar refractivity (Wildman–Crippen MR) is 89.7 cm³/mol. The fourth-order valence-corrected chi connectivity index (χ4v) is 2.32. The minimum atomic E-state index is 0. The van der Waals surface area contributed by atoms with E-state index in [1.54, 1.807) is 25.8 Å². The molecule has 0 bridgehead atoms. The molecule has 1 aromatic carbocycles. The molecule has 0 aliphatic carbocycles. The van der Waals surface area contributed by atoms with Gasteiger partial charge in [-0.25, -0.2) is 4.52 Å². The molecule has 23 heavy (non-hydrogen) atoms. The van der Waals surface area contributed by atoms with Crippen molar-refractivity contribution in [1.29, 1.82) is 0 Å². The van der Waals surface area contributed by atoms with E-state index in [1.807, 2.05) is 30.5 Å². The Morgan fingerprint density at radius 2 is 1.61 bits per heavy atom. The molecule has 122 valence electrons. The summed E-state index contributed by atoms with van der Waals surface area (Å²) in [4.78, 5) is 4.10. The Labute approximate surface area is 139 Å². The average molecular weight is 337 g/mol. The van der Waals surface area contributed by atoms with Crippen molar-refractivity contribution in [1.82, 2.24) is 14.6 Å².